The first-order valence-corrected chi connectivity index (χ1v) is 5.23. The van der Waals surface area contributed by atoms with Crippen molar-refractivity contribution in [1.82, 2.24) is 20.3 Å². The maximum atomic E-state index is 4.41. The molecule has 2 aromatic heterocycles. The van der Waals surface area contributed by atoms with Crippen molar-refractivity contribution in [3.05, 3.63) is 53.9 Å². The summed E-state index contributed by atoms with van der Waals surface area (Å²) in [4.78, 5) is 12.4. The zero-order valence-electron chi connectivity index (χ0n) is 9.22. The molecule has 0 amide bonds. The minimum atomic E-state index is 0.734. The van der Waals surface area contributed by atoms with Crippen LogP contribution in [0.2, 0.25) is 0 Å². The van der Waals surface area contributed by atoms with Gasteiger partial charge in [0.2, 0.25) is 0 Å². The van der Waals surface area contributed by atoms with Crippen LogP contribution in [0.1, 0.15) is 17.1 Å². The molecule has 2 rings (SSSR count). The Kier molecular flexibility index (Phi) is 3.56. The Morgan fingerprint density at radius 2 is 2.00 bits per heavy atom. The molecule has 0 spiro atoms. The van der Waals surface area contributed by atoms with E-state index in [1.54, 1.807) is 12.5 Å². The molecule has 0 aliphatic rings. The van der Waals surface area contributed by atoms with Crippen molar-refractivity contribution >= 4 is 0 Å². The highest BCUT2D eigenvalue weighted by Crippen LogP contribution is 1.98. The van der Waals surface area contributed by atoms with E-state index in [2.05, 4.69) is 20.3 Å². The van der Waals surface area contributed by atoms with Gasteiger partial charge in [-0.1, -0.05) is 6.07 Å². The molecule has 0 saturated carbocycles. The van der Waals surface area contributed by atoms with Gasteiger partial charge in [0.15, 0.2) is 0 Å². The van der Waals surface area contributed by atoms with Gasteiger partial charge in [0.05, 0.1) is 11.4 Å². The monoisotopic (exact) mass is 214 g/mol. The van der Waals surface area contributed by atoms with E-state index in [1.807, 2.05) is 31.2 Å². The van der Waals surface area contributed by atoms with Gasteiger partial charge in [-0.15, -0.1) is 0 Å². The van der Waals surface area contributed by atoms with Gasteiger partial charge in [-0.25, -0.2) is 9.97 Å². The third kappa shape index (κ3) is 3.10. The fourth-order valence-electron chi connectivity index (χ4n) is 1.44. The maximum Gasteiger partial charge on any atom is 0.115 e. The lowest BCUT2D eigenvalue weighted by Crippen LogP contribution is -2.14. The van der Waals surface area contributed by atoms with E-state index >= 15 is 0 Å². The molecule has 0 atom stereocenters. The predicted octanol–water partition coefficient (Wildman–Crippen LogP) is 1.47. The third-order valence-corrected chi connectivity index (χ3v) is 2.20. The van der Waals surface area contributed by atoms with E-state index < -0.39 is 0 Å². The van der Waals surface area contributed by atoms with Crippen molar-refractivity contribution in [2.45, 2.75) is 20.0 Å². The lowest BCUT2D eigenvalue weighted by atomic mass is 10.3. The Hall–Kier alpha value is -1.81. The Morgan fingerprint density at radius 3 is 2.75 bits per heavy atom. The molecule has 0 fully saturated rings. The predicted molar refractivity (Wildman–Crippen MR) is 61.5 cm³/mol. The number of rotatable bonds is 4. The van der Waals surface area contributed by atoms with Crippen molar-refractivity contribution in [3.63, 3.8) is 0 Å². The van der Waals surface area contributed by atoms with Crippen molar-refractivity contribution in [2.75, 3.05) is 0 Å². The zero-order chi connectivity index (χ0) is 11.2. The van der Waals surface area contributed by atoms with Gasteiger partial charge < -0.3 is 5.32 Å². The summed E-state index contributed by atoms with van der Waals surface area (Å²) in [6.07, 6.45) is 3.30. The van der Waals surface area contributed by atoms with E-state index in [4.69, 9.17) is 0 Å². The second-order valence-electron chi connectivity index (χ2n) is 3.57. The minimum Gasteiger partial charge on any atom is -0.306 e. The van der Waals surface area contributed by atoms with Crippen LogP contribution in [-0.2, 0) is 13.1 Å². The van der Waals surface area contributed by atoms with Crippen LogP contribution in [0.25, 0.3) is 0 Å². The molecule has 2 aromatic rings. The van der Waals surface area contributed by atoms with Crippen LogP contribution in [0.3, 0.4) is 0 Å². The highest BCUT2D eigenvalue weighted by Gasteiger charge is 1.96. The summed E-state index contributed by atoms with van der Waals surface area (Å²) in [6, 6.07) is 7.93. The van der Waals surface area contributed by atoms with Gasteiger partial charge >= 0.3 is 0 Å². The lowest BCUT2D eigenvalue weighted by Gasteiger charge is -2.04. The van der Waals surface area contributed by atoms with Gasteiger partial charge in [0.25, 0.3) is 0 Å². The van der Waals surface area contributed by atoms with Gasteiger partial charge in [-0.05, 0) is 25.1 Å². The number of nitrogens with one attached hydrogen (secondary N) is 1. The molecule has 0 unspecified atom stereocenters. The Labute approximate surface area is 94.8 Å². The van der Waals surface area contributed by atoms with Crippen LogP contribution in [0.15, 0.2) is 36.8 Å². The SMILES string of the molecule is Cc1cccc(CNCc2ccncn2)n1. The van der Waals surface area contributed by atoms with E-state index in [1.165, 1.54) is 0 Å². The summed E-state index contributed by atoms with van der Waals surface area (Å²) in [6.45, 7) is 3.48. The Balaban J connectivity index is 1.85. The molecule has 0 bridgehead atoms. The van der Waals surface area contributed by atoms with Crippen LogP contribution >= 0.6 is 0 Å². The summed E-state index contributed by atoms with van der Waals surface area (Å²) in [7, 11) is 0. The number of hydrogen-bond acceptors (Lipinski definition) is 4. The Bertz CT molecular complexity index is 442. The second kappa shape index (κ2) is 5.32. The second-order valence-corrected chi connectivity index (χ2v) is 3.57. The average Bonchev–Trinajstić information content (AvgIpc) is 2.30. The molecule has 16 heavy (non-hydrogen) atoms. The van der Waals surface area contributed by atoms with Crippen LogP contribution < -0.4 is 5.32 Å². The summed E-state index contributed by atoms with van der Waals surface area (Å²) >= 11 is 0. The third-order valence-electron chi connectivity index (χ3n) is 2.20. The standard InChI is InChI=1S/C12H14N4/c1-10-3-2-4-12(16-10)8-14-7-11-5-6-13-9-15-11/h2-6,9,14H,7-8H2,1H3. The van der Waals surface area contributed by atoms with Crippen molar-refractivity contribution in [3.8, 4) is 0 Å². The average molecular weight is 214 g/mol. The normalized spacial score (nSPS) is 10.3. The number of aryl methyl sites for hydroxylation is 1. The molecule has 4 nitrogen and oxygen atoms in total. The summed E-state index contributed by atoms with van der Waals surface area (Å²) < 4.78 is 0. The summed E-state index contributed by atoms with van der Waals surface area (Å²) in [5.41, 5.74) is 3.08. The molecule has 1 N–H and O–H groups in total. The molecule has 0 aromatic carbocycles. The topological polar surface area (TPSA) is 50.7 Å². The first-order valence-electron chi connectivity index (χ1n) is 5.23. The quantitative estimate of drug-likeness (QED) is 0.837. The molecule has 0 aliphatic heterocycles. The first kappa shape index (κ1) is 10.7. The van der Waals surface area contributed by atoms with E-state index in [0.29, 0.717) is 0 Å². The molecular formula is C12H14N4. The van der Waals surface area contributed by atoms with Crippen LogP contribution in [-0.4, -0.2) is 15.0 Å². The van der Waals surface area contributed by atoms with Crippen LogP contribution in [0.4, 0.5) is 0 Å². The molecule has 0 saturated heterocycles. The van der Waals surface area contributed by atoms with Crippen molar-refractivity contribution in [1.29, 1.82) is 0 Å². The number of pyridine rings is 1. The van der Waals surface area contributed by atoms with Crippen LogP contribution in [0.5, 0.6) is 0 Å². The first-order chi connectivity index (χ1) is 7.84. The van der Waals surface area contributed by atoms with Gasteiger partial charge in [-0.3, -0.25) is 4.98 Å². The zero-order valence-corrected chi connectivity index (χ0v) is 9.22. The molecule has 82 valence electrons. The fraction of sp³-hybridized carbons (Fsp3) is 0.250. The van der Waals surface area contributed by atoms with Crippen molar-refractivity contribution in [2.24, 2.45) is 0 Å². The van der Waals surface area contributed by atoms with E-state index in [0.717, 1.165) is 30.2 Å². The molecular weight excluding hydrogens is 200 g/mol. The summed E-state index contributed by atoms with van der Waals surface area (Å²) in [5.74, 6) is 0. The molecule has 0 aliphatic carbocycles. The van der Waals surface area contributed by atoms with Gasteiger partial charge in [-0.2, -0.15) is 0 Å². The summed E-state index contributed by atoms with van der Waals surface area (Å²) in [5, 5.41) is 3.29. The number of nitrogens with zero attached hydrogens (tertiary/aromatic N) is 3. The largest absolute Gasteiger partial charge is 0.306 e. The molecule has 4 heteroatoms. The Morgan fingerprint density at radius 1 is 1.12 bits per heavy atom. The van der Waals surface area contributed by atoms with Crippen LogP contribution in [0, 0.1) is 6.92 Å². The smallest absolute Gasteiger partial charge is 0.115 e. The lowest BCUT2D eigenvalue weighted by molar-refractivity contribution is 0.664. The maximum absolute atomic E-state index is 4.41. The van der Waals surface area contributed by atoms with Gasteiger partial charge in [0, 0.05) is 25.0 Å². The van der Waals surface area contributed by atoms with E-state index in [9.17, 15) is 0 Å². The molecule has 0 radical (unpaired) electrons. The minimum absolute atomic E-state index is 0.734. The molecule has 2 heterocycles. The number of hydrogen-bond donors (Lipinski definition) is 1. The highest BCUT2D eigenvalue weighted by atomic mass is 14.9. The van der Waals surface area contributed by atoms with Crippen molar-refractivity contribution < 1.29 is 0 Å². The fourth-order valence-corrected chi connectivity index (χ4v) is 1.44. The van der Waals surface area contributed by atoms with Gasteiger partial charge in [0.1, 0.15) is 6.33 Å². The highest BCUT2D eigenvalue weighted by molar-refractivity contribution is 5.09. The van der Waals surface area contributed by atoms with E-state index in [-0.39, 0.29) is 0 Å². The number of aromatic nitrogens is 3.